The lowest BCUT2D eigenvalue weighted by atomic mass is 10.2. The van der Waals surface area contributed by atoms with Crippen LogP contribution in [0.3, 0.4) is 0 Å². The van der Waals surface area contributed by atoms with Gasteiger partial charge in [0.05, 0.1) is 5.56 Å². The van der Waals surface area contributed by atoms with E-state index in [1.165, 1.54) is 6.20 Å². The van der Waals surface area contributed by atoms with E-state index in [1.54, 1.807) is 12.1 Å². The molecular formula is C14H11N6O+. The maximum Gasteiger partial charge on any atom is 0.309 e. The molecule has 3 rings (SSSR count). The average Bonchev–Trinajstić information content (AvgIpc) is 2.96. The number of amides is 1. The number of diazo groups is 1. The molecule has 102 valence electrons. The third kappa shape index (κ3) is 2.64. The topological polar surface area (TPSA) is 98.0 Å². The van der Waals surface area contributed by atoms with Crippen molar-refractivity contribution >= 4 is 28.3 Å². The number of pyridine rings is 1. The highest BCUT2D eigenvalue weighted by molar-refractivity contribution is 6.05. The van der Waals surface area contributed by atoms with Crippen LogP contribution in [-0.4, -0.2) is 15.9 Å². The highest BCUT2D eigenvalue weighted by Gasteiger charge is 2.08. The first-order chi connectivity index (χ1) is 10.3. The van der Waals surface area contributed by atoms with Crippen molar-refractivity contribution in [3.63, 3.8) is 0 Å². The van der Waals surface area contributed by atoms with Gasteiger partial charge in [0.2, 0.25) is 5.82 Å². The summed E-state index contributed by atoms with van der Waals surface area (Å²) in [5.74, 6) is 0.0859. The molecule has 2 heterocycles. The molecule has 7 nitrogen and oxygen atoms in total. The van der Waals surface area contributed by atoms with Crippen LogP contribution in [-0.2, 0) is 0 Å². The summed E-state index contributed by atoms with van der Waals surface area (Å²) in [6.07, 6.45) is 3.24. The molecule has 1 aromatic carbocycles. The molecule has 0 fully saturated rings. The van der Waals surface area contributed by atoms with E-state index in [4.69, 9.17) is 5.39 Å². The number of anilines is 2. The van der Waals surface area contributed by atoms with Gasteiger partial charge in [0, 0.05) is 29.0 Å². The van der Waals surface area contributed by atoms with Crippen LogP contribution < -0.4 is 10.7 Å². The number of carbonyl (C=O) groups is 1. The number of carbonyl (C=O) groups excluding carboxylic acids is 1. The number of H-pyrrole nitrogens is 1. The van der Waals surface area contributed by atoms with Gasteiger partial charge < -0.3 is 10.3 Å². The molecule has 0 spiro atoms. The Hall–Kier alpha value is -3.40. The second-order valence-corrected chi connectivity index (χ2v) is 4.38. The van der Waals surface area contributed by atoms with Crippen molar-refractivity contribution in [3.8, 4) is 0 Å². The second-order valence-electron chi connectivity index (χ2n) is 4.38. The zero-order chi connectivity index (χ0) is 14.7. The van der Waals surface area contributed by atoms with Gasteiger partial charge in [-0.15, -0.1) is 0 Å². The van der Waals surface area contributed by atoms with Gasteiger partial charge in [-0.3, -0.25) is 4.79 Å². The van der Waals surface area contributed by atoms with E-state index in [0.29, 0.717) is 17.1 Å². The summed E-state index contributed by atoms with van der Waals surface area (Å²) < 4.78 is 0. The fourth-order valence-corrected chi connectivity index (χ4v) is 1.97. The molecule has 3 N–H and O–H groups in total. The SMILES string of the molecule is N#[N+]Nc1ccc(C(=O)Nc2ccc3cc[nH]c3c2)cn1. The molecule has 7 heteroatoms. The third-order valence-corrected chi connectivity index (χ3v) is 3.00. The second kappa shape index (κ2) is 5.30. The number of benzene rings is 1. The number of hydrogen-bond acceptors (Lipinski definition) is 4. The number of nitrogens with one attached hydrogen (secondary N) is 3. The zero-order valence-electron chi connectivity index (χ0n) is 10.9. The smallest absolute Gasteiger partial charge is 0.309 e. The lowest BCUT2D eigenvalue weighted by Gasteiger charge is -2.05. The number of aromatic amines is 1. The molecule has 0 bridgehead atoms. The van der Waals surface area contributed by atoms with Crippen LogP contribution in [0.4, 0.5) is 11.5 Å². The van der Waals surface area contributed by atoms with Crippen molar-refractivity contribution in [2.75, 3.05) is 10.7 Å². The Bertz CT molecular complexity index is 831. The van der Waals surface area contributed by atoms with E-state index in [-0.39, 0.29) is 5.91 Å². The van der Waals surface area contributed by atoms with Crippen molar-refractivity contribution in [2.24, 2.45) is 0 Å². The number of rotatable bonds is 3. The highest BCUT2D eigenvalue weighted by atomic mass is 16.1. The number of hydrogen-bond donors (Lipinski definition) is 3. The minimum atomic E-state index is -0.263. The van der Waals surface area contributed by atoms with E-state index in [0.717, 1.165) is 10.9 Å². The van der Waals surface area contributed by atoms with Crippen molar-refractivity contribution in [3.05, 3.63) is 59.4 Å². The molecular weight excluding hydrogens is 268 g/mol. The molecule has 3 aromatic rings. The van der Waals surface area contributed by atoms with Crippen molar-refractivity contribution < 1.29 is 4.79 Å². The van der Waals surface area contributed by atoms with Crippen LogP contribution in [0.2, 0.25) is 0 Å². The molecule has 0 saturated heterocycles. The molecule has 21 heavy (non-hydrogen) atoms. The summed E-state index contributed by atoms with van der Waals surface area (Å²) in [5.41, 5.74) is 4.33. The van der Waals surface area contributed by atoms with Gasteiger partial charge in [0.25, 0.3) is 11.3 Å². The van der Waals surface area contributed by atoms with Gasteiger partial charge in [-0.05, 0) is 35.7 Å². The van der Waals surface area contributed by atoms with Crippen LogP contribution in [0, 0.1) is 5.39 Å². The van der Waals surface area contributed by atoms with Crippen molar-refractivity contribution in [2.45, 2.75) is 0 Å². The Balaban J connectivity index is 1.77. The van der Waals surface area contributed by atoms with E-state index >= 15 is 0 Å². The molecule has 0 aliphatic rings. The van der Waals surface area contributed by atoms with Gasteiger partial charge in [0.15, 0.2) is 0 Å². The average molecular weight is 279 g/mol. The van der Waals surface area contributed by atoms with Crippen molar-refractivity contribution in [1.82, 2.24) is 9.97 Å². The zero-order valence-corrected chi connectivity index (χ0v) is 10.9. The largest absolute Gasteiger partial charge is 0.361 e. The quantitative estimate of drug-likeness (QED) is 0.507. The monoisotopic (exact) mass is 279 g/mol. The summed E-state index contributed by atoms with van der Waals surface area (Å²) in [4.78, 5) is 19.1. The Labute approximate surface area is 119 Å². The van der Waals surface area contributed by atoms with Gasteiger partial charge in [0.1, 0.15) is 0 Å². The number of aromatic nitrogens is 2. The standard InChI is InChI=1S/C14H10N6O/c15-20-19-13-4-2-10(8-17-13)14(21)18-11-3-1-9-5-6-16-12(9)7-11/h1-8,15H,(H,17,19,21)/p+1. The number of fused-ring (bicyclic) bond motifs is 1. The van der Waals surface area contributed by atoms with Crippen LogP contribution >= 0.6 is 0 Å². The summed E-state index contributed by atoms with van der Waals surface area (Å²) >= 11 is 0. The molecule has 0 radical (unpaired) electrons. The summed E-state index contributed by atoms with van der Waals surface area (Å²) in [6.45, 7) is 0. The first-order valence-electron chi connectivity index (χ1n) is 6.21. The van der Waals surface area contributed by atoms with Gasteiger partial charge >= 0.3 is 5.08 Å². The molecule has 0 saturated carbocycles. The molecule has 2 aromatic heterocycles. The summed E-state index contributed by atoms with van der Waals surface area (Å²) in [7, 11) is 0. The van der Waals surface area contributed by atoms with Crippen LogP contribution in [0.5, 0.6) is 0 Å². The molecule has 1 amide bonds. The lowest BCUT2D eigenvalue weighted by Crippen LogP contribution is -2.12. The highest BCUT2D eigenvalue weighted by Crippen LogP contribution is 2.18. The minimum Gasteiger partial charge on any atom is -0.361 e. The van der Waals surface area contributed by atoms with Crippen LogP contribution in [0.15, 0.2) is 48.8 Å². The minimum absolute atomic E-state index is 0.263. The Morgan fingerprint density at radius 3 is 2.90 bits per heavy atom. The predicted molar refractivity (Wildman–Crippen MR) is 79.2 cm³/mol. The van der Waals surface area contributed by atoms with Gasteiger partial charge in [-0.25, -0.2) is 4.98 Å². The van der Waals surface area contributed by atoms with E-state index in [1.807, 2.05) is 30.5 Å². The normalized spacial score (nSPS) is 10.0. The van der Waals surface area contributed by atoms with E-state index in [9.17, 15) is 4.79 Å². The first kappa shape index (κ1) is 12.6. The van der Waals surface area contributed by atoms with Crippen molar-refractivity contribution in [1.29, 1.82) is 5.39 Å². The maximum atomic E-state index is 12.1. The Kier molecular flexibility index (Phi) is 3.19. The van der Waals surface area contributed by atoms with Gasteiger partial charge in [-0.1, -0.05) is 6.07 Å². The first-order valence-corrected chi connectivity index (χ1v) is 6.21. The lowest BCUT2D eigenvalue weighted by molar-refractivity contribution is 0.102. The summed E-state index contributed by atoms with van der Waals surface area (Å²) in [6, 6.07) is 10.7. The molecule has 0 unspecified atom stereocenters. The van der Waals surface area contributed by atoms with Gasteiger partial charge in [-0.2, -0.15) is 0 Å². The molecule has 0 aliphatic heterocycles. The predicted octanol–water partition coefficient (Wildman–Crippen LogP) is 3.00. The number of nitrogens with zero attached hydrogens (tertiary/aromatic N) is 3. The molecule has 0 atom stereocenters. The van der Waals surface area contributed by atoms with Crippen LogP contribution in [0.1, 0.15) is 10.4 Å². The molecule has 0 aliphatic carbocycles. The maximum absolute atomic E-state index is 12.1. The van der Waals surface area contributed by atoms with Crippen LogP contribution in [0.25, 0.3) is 16.0 Å². The third-order valence-electron chi connectivity index (χ3n) is 3.00. The summed E-state index contributed by atoms with van der Waals surface area (Å²) in [5, 5.41) is 15.0. The Morgan fingerprint density at radius 1 is 1.24 bits per heavy atom. The van der Waals surface area contributed by atoms with E-state index < -0.39 is 0 Å². The fraction of sp³-hybridized carbons (Fsp3) is 0. The fourth-order valence-electron chi connectivity index (χ4n) is 1.97. The van der Waals surface area contributed by atoms with E-state index in [2.05, 4.69) is 25.8 Å². The Morgan fingerprint density at radius 2 is 2.14 bits per heavy atom.